The van der Waals surface area contributed by atoms with E-state index >= 15 is 0 Å². The van der Waals surface area contributed by atoms with E-state index in [0.717, 1.165) is 33.2 Å². The molecule has 9 nitrogen and oxygen atoms in total. The Hall–Kier alpha value is -4.79. The number of anilines is 1. The summed E-state index contributed by atoms with van der Waals surface area (Å²) in [5.41, 5.74) is 8.12. The van der Waals surface area contributed by atoms with E-state index in [1.54, 1.807) is 34.3 Å². The maximum atomic E-state index is 14.1. The molecule has 202 valence electrons. The van der Waals surface area contributed by atoms with Gasteiger partial charge in [0.2, 0.25) is 5.91 Å². The van der Waals surface area contributed by atoms with Gasteiger partial charge in [0, 0.05) is 47.7 Å². The van der Waals surface area contributed by atoms with Gasteiger partial charge in [0.1, 0.15) is 16.7 Å². The minimum Gasteiger partial charge on any atom is -0.444 e. The number of fused-ring (bicyclic) bond motifs is 3. The fraction of sp³-hybridized carbons (Fsp3) is 0.258. The lowest BCUT2D eigenvalue weighted by Gasteiger charge is -2.46. The predicted molar refractivity (Wildman–Crippen MR) is 151 cm³/mol. The second kappa shape index (κ2) is 9.15. The summed E-state index contributed by atoms with van der Waals surface area (Å²) >= 11 is 0. The second-order valence-electron chi connectivity index (χ2n) is 11.3. The van der Waals surface area contributed by atoms with Crippen LogP contribution in [0, 0.1) is 0 Å². The van der Waals surface area contributed by atoms with Crippen LogP contribution in [-0.4, -0.2) is 51.5 Å². The number of carbonyl (C=O) groups is 3. The lowest BCUT2D eigenvalue weighted by molar-refractivity contribution is -0.129. The summed E-state index contributed by atoms with van der Waals surface area (Å²) in [7, 11) is 0. The smallest absolute Gasteiger partial charge is 0.410 e. The third-order valence-electron chi connectivity index (χ3n) is 7.43. The lowest BCUT2D eigenvalue weighted by atomic mass is 9.75. The van der Waals surface area contributed by atoms with Crippen molar-refractivity contribution in [3.05, 3.63) is 90.0 Å². The van der Waals surface area contributed by atoms with Gasteiger partial charge in [-0.3, -0.25) is 19.6 Å². The molecule has 0 aliphatic carbocycles. The topological polar surface area (TPSA) is 119 Å². The molecule has 2 aromatic carbocycles. The zero-order valence-corrected chi connectivity index (χ0v) is 22.5. The summed E-state index contributed by atoms with van der Waals surface area (Å²) in [6, 6.07) is 19.0. The Kier molecular flexibility index (Phi) is 5.83. The van der Waals surface area contributed by atoms with Crippen molar-refractivity contribution in [2.45, 2.75) is 38.3 Å². The van der Waals surface area contributed by atoms with E-state index in [1.807, 2.05) is 69.3 Å². The summed E-state index contributed by atoms with van der Waals surface area (Å²) in [4.78, 5) is 50.8. The number of hydrogen-bond acceptors (Lipinski definition) is 6. The third kappa shape index (κ3) is 4.14. The lowest BCUT2D eigenvalue weighted by Crippen LogP contribution is -2.65. The Morgan fingerprint density at radius 3 is 2.40 bits per heavy atom. The van der Waals surface area contributed by atoms with Gasteiger partial charge < -0.3 is 20.3 Å². The van der Waals surface area contributed by atoms with Crippen LogP contribution >= 0.6 is 0 Å². The van der Waals surface area contributed by atoms with Gasteiger partial charge in [0.15, 0.2) is 0 Å². The number of para-hydroxylation sites is 1. The molecule has 4 heterocycles. The zero-order chi connectivity index (χ0) is 28.2. The molecule has 40 heavy (non-hydrogen) atoms. The van der Waals surface area contributed by atoms with E-state index in [0.29, 0.717) is 5.69 Å². The molecule has 0 unspecified atom stereocenters. The van der Waals surface area contributed by atoms with Crippen molar-refractivity contribution < 1.29 is 19.1 Å². The maximum Gasteiger partial charge on any atom is 0.410 e. The number of nitrogens with two attached hydrogens (primary N) is 1. The van der Waals surface area contributed by atoms with Crippen LogP contribution in [0.15, 0.2) is 73.1 Å². The van der Waals surface area contributed by atoms with E-state index in [9.17, 15) is 14.4 Å². The fourth-order valence-corrected chi connectivity index (χ4v) is 5.60. The first-order valence-corrected chi connectivity index (χ1v) is 13.1. The van der Waals surface area contributed by atoms with Crippen molar-refractivity contribution in [2.75, 3.05) is 18.0 Å². The van der Waals surface area contributed by atoms with Gasteiger partial charge >= 0.3 is 6.09 Å². The average molecular weight is 536 g/mol. The van der Waals surface area contributed by atoms with E-state index in [2.05, 4.69) is 4.98 Å². The van der Waals surface area contributed by atoms with Crippen molar-refractivity contribution in [1.82, 2.24) is 14.9 Å². The van der Waals surface area contributed by atoms with Crippen LogP contribution in [0.2, 0.25) is 0 Å². The van der Waals surface area contributed by atoms with E-state index in [1.165, 1.54) is 0 Å². The number of benzene rings is 2. The van der Waals surface area contributed by atoms with Gasteiger partial charge in [0.25, 0.3) is 5.91 Å². The Bertz CT molecular complexity index is 1670. The van der Waals surface area contributed by atoms with Crippen LogP contribution in [0.4, 0.5) is 10.5 Å². The average Bonchev–Trinajstić information content (AvgIpc) is 3.14. The molecular weight excluding hydrogens is 506 g/mol. The van der Waals surface area contributed by atoms with Crippen LogP contribution < -0.4 is 10.6 Å². The van der Waals surface area contributed by atoms with Crippen LogP contribution in [0.25, 0.3) is 21.9 Å². The predicted octanol–water partition coefficient (Wildman–Crippen LogP) is 4.43. The van der Waals surface area contributed by atoms with Crippen molar-refractivity contribution in [3.8, 4) is 11.1 Å². The number of rotatable bonds is 4. The number of amides is 3. The minimum atomic E-state index is -0.824. The van der Waals surface area contributed by atoms with Crippen LogP contribution in [-0.2, 0) is 21.5 Å². The SMILES string of the molecule is CC(C)(C)OC(=O)N1CC2(C1)C(=O)N(Cc1ncc3ccccc3c1-c1ccc(C(N)=O)nc1)c1ccccc12. The molecule has 6 rings (SSSR count). The van der Waals surface area contributed by atoms with Gasteiger partial charge in [-0.2, -0.15) is 0 Å². The summed E-state index contributed by atoms with van der Waals surface area (Å²) in [6.07, 6.45) is 2.99. The summed E-state index contributed by atoms with van der Waals surface area (Å²) < 4.78 is 5.54. The molecule has 2 N–H and O–H groups in total. The van der Waals surface area contributed by atoms with Crippen molar-refractivity contribution in [1.29, 1.82) is 0 Å². The highest BCUT2D eigenvalue weighted by atomic mass is 16.6. The normalized spacial score (nSPS) is 15.7. The maximum absolute atomic E-state index is 14.1. The first-order valence-electron chi connectivity index (χ1n) is 13.1. The summed E-state index contributed by atoms with van der Waals surface area (Å²) in [5, 5.41) is 1.90. The molecule has 0 bridgehead atoms. The molecule has 1 saturated heterocycles. The Morgan fingerprint density at radius 2 is 1.70 bits per heavy atom. The van der Waals surface area contributed by atoms with Crippen LogP contribution in [0.1, 0.15) is 42.5 Å². The number of primary amides is 1. The number of likely N-dealkylation sites (tertiary alicyclic amines) is 1. The molecule has 3 amide bonds. The number of ether oxygens (including phenoxy) is 1. The highest BCUT2D eigenvalue weighted by molar-refractivity contribution is 6.10. The number of hydrogen-bond donors (Lipinski definition) is 1. The number of nitrogens with zero attached hydrogens (tertiary/aromatic N) is 4. The fourth-order valence-electron chi connectivity index (χ4n) is 5.60. The molecule has 9 heteroatoms. The molecular formula is C31H29N5O4. The van der Waals surface area contributed by atoms with Crippen molar-refractivity contribution >= 4 is 34.4 Å². The summed E-state index contributed by atoms with van der Waals surface area (Å²) in [6.45, 7) is 6.20. The monoisotopic (exact) mass is 535 g/mol. The first-order chi connectivity index (χ1) is 19.1. The molecule has 0 saturated carbocycles. The Labute approximate surface area is 231 Å². The Morgan fingerprint density at radius 1 is 0.975 bits per heavy atom. The minimum absolute atomic E-state index is 0.0726. The van der Waals surface area contributed by atoms with Crippen molar-refractivity contribution in [2.24, 2.45) is 5.73 Å². The quantitative estimate of drug-likeness (QED) is 0.413. The molecule has 2 aromatic heterocycles. The standard InChI is InChI=1S/C31H29N5O4/c1-30(2,3)40-29(39)35-17-31(18-35)22-10-6-7-11-25(22)36(28(31)38)16-24-26(20-12-13-23(27(32)37)33-15-20)21-9-5-4-8-19(21)14-34-24/h4-15H,16-18H2,1-3H3,(H2,32,37). The third-order valence-corrected chi connectivity index (χ3v) is 7.43. The number of carbonyl (C=O) groups excluding carboxylic acids is 3. The molecule has 1 spiro atoms. The van der Waals surface area contributed by atoms with E-state index in [-0.39, 0.29) is 31.2 Å². The van der Waals surface area contributed by atoms with E-state index in [4.69, 9.17) is 15.5 Å². The molecule has 0 radical (unpaired) electrons. The Balaban J connectivity index is 1.38. The zero-order valence-electron chi connectivity index (χ0n) is 22.5. The van der Waals surface area contributed by atoms with E-state index < -0.39 is 23.0 Å². The van der Waals surface area contributed by atoms with Crippen molar-refractivity contribution in [3.63, 3.8) is 0 Å². The summed E-state index contributed by atoms with van der Waals surface area (Å²) in [5.74, 6) is -0.676. The highest BCUT2D eigenvalue weighted by Crippen LogP contribution is 2.48. The number of pyridine rings is 2. The molecule has 2 aliphatic heterocycles. The second-order valence-corrected chi connectivity index (χ2v) is 11.3. The van der Waals surface area contributed by atoms with Crippen LogP contribution in [0.3, 0.4) is 0 Å². The largest absolute Gasteiger partial charge is 0.444 e. The molecule has 1 fully saturated rings. The molecule has 4 aromatic rings. The van der Waals surface area contributed by atoms with Gasteiger partial charge in [-0.1, -0.05) is 48.5 Å². The number of aromatic nitrogens is 2. The highest BCUT2D eigenvalue weighted by Gasteiger charge is 2.59. The van der Waals surface area contributed by atoms with Gasteiger partial charge in [-0.05, 0) is 43.9 Å². The van der Waals surface area contributed by atoms with Gasteiger partial charge in [-0.15, -0.1) is 0 Å². The van der Waals surface area contributed by atoms with Crippen LogP contribution in [0.5, 0.6) is 0 Å². The molecule has 2 aliphatic rings. The first kappa shape index (κ1) is 25.5. The van der Waals surface area contributed by atoms with Gasteiger partial charge in [-0.25, -0.2) is 4.79 Å². The molecule has 0 atom stereocenters. The van der Waals surface area contributed by atoms with Gasteiger partial charge in [0.05, 0.1) is 12.2 Å².